The molecule has 0 radical (unpaired) electrons. The Kier molecular flexibility index (Phi) is 1.61. The highest BCUT2D eigenvalue weighted by molar-refractivity contribution is 6.49. The van der Waals surface area contributed by atoms with Gasteiger partial charge in [-0.3, -0.25) is 5.41 Å². The van der Waals surface area contributed by atoms with Gasteiger partial charge in [-0.15, -0.1) is 0 Å². The summed E-state index contributed by atoms with van der Waals surface area (Å²) in [7, 11) is 0. The van der Waals surface area contributed by atoms with Gasteiger partial charge in [0, 0.05) is 0 Å². The molecular weight excluding hydrogens is 142 g/mol. The predicted molar refractivity (Wildman–Crippen MR) is 39.3 cm³/mol. The zero-order valence-corrected chi connectivity index (χ0v) is 5.29. The zero-order chi connectivity index (χ0) is 8.27. The Morgan fingerprint density at radius 3 is 1.91 bits per heavy atom. The Morgan fingerprint density at radius 2 is 1.64 bits per heavy atom. The molecule has 0 amide bonds. The third-order valence-electron chi connectivity index (χ3n) is 0.947. The van der Waals surface area contributed by atoms with Gasteiger partial charge in [0.2, 0.25) is 0 Å². The fourth-order valence-electron chi connectivity index (χ4n) is 0.532. The van der Waals surface area contributed by atoms with Crippen LogP contribution in [0.3, 0.4) is 0 Å². The second-order valence-electron chi connectivity index (χ2n) is 1.54. The first kappa shape index (κ1) is 6.88. The van der Waals surface area contributed by atoms with Gasteiger partial charge >= 0.3 is 5.82 Å². The third-order valence-corrected chi connectivity index (χ3v) is 0.947. The van der Waals surface area contributed by atoms with Crippen molar-refractivity contribution in [1.82, 2.24) is 0 Å². The SMILES string of the molecule is [C-]#[N+]C1=NC(=C=N)N=C1[N+]#[C-]. The molecule has 5 heteroatoms. The molecule has 50 valence electrons. The van der Waals surface area contributed by atoms with Crippen molar-refractivity contribution in [2.45, 2.75) is 0 Å². The molecule has 1 heterocycles. The van der Waals surface area contributed by atoms with Gasteiger partial charge in [0.25, 0.3) is 11.7 Å². The first-order chi connectivity index (χ1) is 5.31. The molecule has 0 atom stereocenters. The molecule has 1 aliphatic rings. The van der Waals surface area contributed by atoms with E-state index in [9.17, 15) is 0 Å². The van der Waals surface area contributed by atoms with Gasteiger partial charge in [-0.05, 0) is 0 Å². The molecule has 5 nitrogen and oxygen atoms in total. The van der Waals surface area contributed by atoms with Crippen LogP contribution in [0.4, 0.5) is 0 Å². The second kappa shape index (κ2) is 2.57. The van der Waals surface area contributed by atoms with Gasteiger partial charge in [-0.1, -0.05) is 23.1 Å². The smallest absolute Gasteiger partial charge is 0.370 e. The van der Waals surface area contributed by atoms with Gasteiger partial charge in [0.1, 0.15) is 0 Å². The number of rotatable bonds is 0. The lowest BCUT2D eigenvalue weighted by Crippen LogP contribution is -1.98. The fraction of sp³-hybridized carbons (Fsp3) is 0. The van der Waals surface area contributed by atoms with Gasteiger partial charge in [0.05, 0.1) is 5.87 Å². The van der Waals surface area contributed by atoms with E-state index in [4.69, 9.17) is 18.6 Å². The average Bonchev–Trinajstić information content (AvgIpc) is 2.46. The Labute approximate surface area is 62.5 Å². The molecule has 1 N–H and O–H groups in total. The summed E-state index contributed by atoms with van der Waals surface area (Å²) >= 11 is 0. The van der Waals surface area contributed by atoms with Crippen LogP contribution in [-0.4, -0.2) is 17.5 Å². The molecule has 0 aliphatic carbocycles. The quantitative estimate of drug-likeness (QED) is 0.384. The number of nitrogens with one attached hydrogen (secondary N) is 1. The minimum Gasteiger partial charge on any atom is -0.370 e. The minimum atomic E-state index is -0.0604. The third kappa shape index (κ3) is 1.04. The number of hydrogen-bond acceptors (Lipinski definition) is 3. The van der Waals surface area contributed by atoms with Crippen molar-refractivity contribution in [3.05, 3.63) is 28.7 Å². The van der Waals surface area contributed by atoms with Crippen LogP contribution in [0.2, 0.25) is 0 Å². The summed E-state index contributed by atoms with van der Waals surface area (Å²) in [5.41, 5.74) is 0. The summed E-state index contributed by atoms with van der Waals surface area (Å²) in [5.74, 6) is 1.76. The molecule has 0 bridgehead atoms. The summed E-state index contributed by atoms with van der Waals surface area (Å²) in [6.07, 6.45) is 0. The summed E-state index contributed by atoms with van der Waals surface area (Å²) < 4.78 is 0. The first-order valence-corrected chi connectivity index (χ1v) is 2.54. The summed E-state index contributed by atoms with van der Waals surface area (Å²) in [5, 5.41) is 6.62. The molecule has 0 aromatic heterocycles. The van der Waals surface area contributed by atoms with E-state index in [2.05, 4.69) is 19.7 Å². The number of hydrogen-bond donors (Lipinski definition) is 1. The Hall–Kier alpha value is -2.23. The number of nitrogens with zero attached hydrogens (tertiary/aromatic N) is 4. The van der Waals surface area contributed by atoms with Crippen LogP contribution < -0.4 is 0 Å². The molecule has 1 rings (SSSR count). The van der Waals surface area contributed by atoms with E-state index in [1.807, 2.05) is 5.87 Å². The largest absolute Gasteiger partial charge is 0.399 e. The van der Waals surface area contributed by atoms with Crippen molar-refractivity contribution < 1.29 is 0 Å². The maximum absolute atomic E-state index is 6.62. The van der Waals surface area contributed by atoms with E-state index in [0.717, 1.165) is 0 Å². The summed E-state index contributed by atoms with van der Waals surface area (Å²) in [6.45, 7) is 13.1. The van der Waals surface area contributed by atoms with Gasteiger partial charge in [-0.25, -0.2) is 0 Å². The van der Waals surface area contributed by atoms with Crippen molar-refractivity contribution in [3.63, 3.8) is 0 Å². The predicted octanol–water partition coefficient (Wildman–Crippen LogP) is 0.725. The van der Waals surface area contributed by atoms with Crippen molar-refractivity contribution in [1.29, 1.82) is 5.41 Å². The van der Waals surface area contributed by atoms with E-state index >= 15 is 0 Å². The number of aliphatic imine (C=N–C) groups is 2. The van der Waals surface area contributed by atoms with E-state index in [1.165, 1.54) is 0 Å². The standard InChI is InChI=1S/C6HN5/c1-8-5-6(9-2)11-4(3-7)10-5/h7H. The van der Waals surface area contributed by atoms with Crippen LogP contribution in [0.5, 0.6) is 0 Å². The molecule has 0 fully saturated rings. The van der Waals surface area contributed by atoms with E-state index in [0.29, 0.717) is 0 Å². The molecule has 11 heavy (non-hydrogen) atoms. The zero-order valence-electron chi connectivity index (χ0n) is 5.29. The Bertz CT molecular complexity index is 348. The monoisotopic (exact) mass is 143 g/mol. The van der Waals surface area contributed by atoms with Crippen LogP contribution in [0.15, 0.2) is 15.8 Å². The maximum Gasteiger partial charge on any atom is 0.399 e. The molecule has 0 unspecified atom stereocenters. The minimum absolute atomic E-state index is 0.0120. The van der Waals surface area contributed by atoms with Gasteiger partial charge in [-0.2, -0.15) is 0 Å². The van der Waals surface area contributed by atoms with Crippen LogP contribution in [0, 0.1) is 18.6 Å². The number of amidine groups is 2. The Morgan fingerprint density at radius 1 is 1.18 bits per heavy atom. The molecule has 0 aromatic rings. The Balaban J connectivity index is 3.24. The molecule has 0 saturated carbocycles. The van der Waals surface area contributed by atoms with Gasteiger partial charge < -0.3 is 9.69 Å². The van der Waals surface area contributed by atoms with Crippen molar-refractivity contribution in [2.75, 3.05) is 0 Å². The molecule has 0 aromatic carbocycles. The van der Waals surface area contributed by atoms with E-state index in [1.54, 1.807) is 0 Å². The molecule has 1 aliphatic heterocycles. The van der Waals surface area contributed by atoms with Crippen LogP contribution in [0.25, 0.3) is 9.69 Å². The maximum atomic E-state index is 6.62. The molecule has 0 spiro atoms. The second-order valence-corrected chi connectivity index (χ2v) is 1.54. The van der Waals surface area contributed by atoms with Crippen molar-refractivity contribution in [3.8, 4) is 0 Å². The summed E-state index contributed by atoms with van der Waals surface area (Å²) in [6, 6.07) is 0. The van der Waals surface area contributed by atoms with E-state index in [-0.39, 0.29) is 17.5 Å². The molecular formula is C6HN5. The van der Waals surface area contributed by atoms with Crippen molar-refractivity contribution >= 4 is 17.5 Å². The molecule has 0 saturated heterocycles. The lowest BCUT2D eigenvalue weighted by molar-refractivity contribution is 1.31. The van der Waals surface area contributed by atoms with Crippen LogP contribution in [0.1, 0.15) is 0 Å². The normalized spacial score (nSPS) is 14.2. The first-order valence-electron chi connectivity index (χ1n) is 2.54. The van der Waals surface area contributed by atoms with E-state index < -0.39 is 0 Å². The fourth-order valence-corrected chi connectivity index (χ4v) is 0.532. The lowest BCUT2D eigenvalue weighted by atomic mass is 10.6. The topological polar surface area (TPSA) is 57.3 Å². The highest BCUT2D eigenvalue weighted by atomic mass is 15.1. The average molecular weight is 143 g/mol. The van der Waals surface area contributed by atoms with Crippen LogP contribution in [-0.2, 0) is 0 Å². The summed E-state index contributed by atoms with van der Waals surface area (Å²) in [4.78, 5) is 13.0. The highest BCUT2D eigenvalue weighted by Crippen LogP contribution is 2.07. The van der Waals surface area contributed by atoms with Crippen molar-refractivity contribution in [2.24, 2.45) is 9.98 Å². The highest BCUT2D eigenvalue weighted by Gasteiger charge is 2.21. The van der Waals surface area contributed by atoms with Gasteiger partial charge in [0.15, 0.2) is 0 Å². The van der Waals surface area contributed by atoms with Crippen LogP contribution >= 0.6 is 0 Å². The lowest BCUT2D eigenvalue weighted by Gasteiger charge is -1.80.